The summed E-state index contributed by atoms with van der Waals surface area (Å²) in [7, 11) is 0. The van der Waals surface area contributed by atoms with Crippen LogP contribution in [0.15, 0.2) is 146 Å². The largest absolute Gasteiger partial charge is 0.228 e. The molecular weight excluding hydrogens is 492 g/mol. The lowest BCUT2D eigenvalue weighted by Gasteiger charge is -2.14. The van der Waals surface area contributed by atoms with Crippen molar-refractivity contribution >= 4 is 21.4 Å². The second kappa shape index (κ2) is 10.1. The Morgan fingerprint density at radius 1 is 0.410 bits per heavy atom. The summed E-state index contributed by atoms with van der Waals surface area (Å²) in [5.74, 6) is 0.724. The number of benzene rings is 5. The van der Waals surface area contributed by atoms with Crippen LogP contribution in [0, 0.1) is 0 Å². The van der Waals surface area contributed by atoms with E-state index >= 15 is 0 Å². The van der Waals surface area contributed by atoms with Crippen LogP contribution in [0.25, 0.3) is 65.6 Å². The summed E-state index contributed by atoms with van der Waals surface area (Å²) in [6.45, 7) is 0. The molecule has 2 nitrogen and oxygen atoms in total. The number of hydrogen-bond acceptors (Lipinski definition) is 3. The molecule has 7 rings (SSSR count). The molecule has 0 spiro atoms. The minimum atomic E-state index is 0.724. The van der Waals surface area contributed by atoms with E-state index in [0.29, 0.717) is 0 Å². The highest BCUT2D eigenvalue weighted by molar-refractivity contribution is 7.22. The molecule has 0 N–H and O–H groups in total. The highest BCUT2D eigenvalue weighted by Gasteiger charge is 2.17. The molecule has 0 aliphatic carbocycles. The number of fused-ring (bicyclic) bond motifs is 1. The van der Waals surface area contributed by atoms with Crippen LogP contribution < -0.4 is 0 Å². The molecule has 0 atom stereocenters. The van der Waals surface area contributed by atoms with Gasteiger partial charge in [0.2, 0.25) is 0 Å². The summed E-state index contributed by atoms with van der Waals surface area (Å²) >= 11 is 1.77. The minimum Gasteiger partial charge on any atom is -0.228 e. The van der Waals surface area contributed by atoms with Crippen molar-refractivity contribution < 1.29 is 0 Å². The summed E-state index contributed by atoms with van der Waals surface area (Å²) in [4.78, 5) is 11.5. The minimum absolute atomic E-state index is 0.724. The maximum Gasteiger partial charge on any atom is 0.161 e. The third kappa shape index (κ3) is 4.54. The van der Waals surface area contributed by atoms with E-state index in [-0.39, 0.29) is 0 Å². The molecule has 0 amide bonds. The van der Waals surface area contributed by atoms with Crippen molar-refractivity contribution in [2.45, 2.75) is 0 Å². The predicted octanol–water partition coefficient (Wildman–Crippen LogP) is 10.0. The van der Waals surface area contributed by atoms with Crippen LogP contribution >= 0.6 is 11.3 Å². The smallest absolute Gasteiger partial charge is 0.161 e. The number of aromatic nitrogens is 2. The standard InChI is InChI=1S/C36H24N2S/c1-3-13-25(14-4-1)28-18-8-10-20-30(28)32-24-33(35-23-27-17-7-12-22-34(27)39-35)38-36(37-32)31-21-11-9-19-29(31)26-15-5-2-6-16-26/h1-24H. The van der Waals surface area contributed by atoms with Gasteiger partial charge >= 0.3 is 0 Å². The predicted molar refractivity (Wildman–Crippen MR) is 165 cm³/mol. The van der Waals surface area contributed by atoms with Gasteiger partial charge in [-0.25, -0.2) is 9.97 Å². The third-order valence-electron chi connectivity index (χ3n) is 6.94. The molecule has 7 aromatic rings. The molecular formula is C36H24N2S. The van der Waals surface area contributed by atoms with Gasteiger partial charge in [0, 0.05) is 15.8 Å². The summed E-state index contributed by atoms with van der Waals surface area (Å²) in [6, 6.07) is 50.8. The van der Waals surface area contributed by atoms with E-state index in [1.807, 2.05) is 6.07 Å². The van der Waals surface area contributed by atoms with E-state index in [1.165, 1.54) is 15.6 Å². The normalized spacial score (nSPS) is 11.1. The maximum absolute atomic E-state index is 5.22. The van der Waals surface area contributed by atoms with Gasteiger partial charge in [0.05, 0.1) is 16.3 Å². The van der Waals surface area contributed by atoms with Crippen molar-refractivity contribution in [3.63, 3.8) is 0 Å². The van der Waals surface area contributed by atoms with Crippen LogP contribution in [0.2, 0.25) is 0 Å². The van der Waals surface area contributed by atoms with Crippen LogP contribution in [-0.4, -0.2) is 9.97 Å². The first-order valence-corrected chi connectivity index (χ1v) is 13.8. The Hall–Kier alpha value is -4.86. The van der Waals surface area contributed by atoms with Gasteiger partial charge in [-0.15, -0.1) is 11.3 Å². The van der Waals surface area contributed by atoms with E-state index in [4.69, 9.17) is 9.97 Å². The lowest BCUT2D eigenvalue weighted by Crippen LogP contribution is -1.97. The van der Waals surface area contributed by atoms with Gasteiger partial charge in [0.15, 0.2) is 5.82 Å². The summed E-state index contributed by atoms with van der Waals surface area (Å²) in [5, 5.41) is 1.23. The molecule has 0 radical (unpaired) electrons. The molecule has 0 unspecified atom stereocenters. The van der Waals surface area contributed by atoms with Crippen LogP contribution in [-0.2, 0) is 0 Å². The molecule has 5 aromatic carbocycles. The quantitative estimate of drug-likeness (QED) is 0.227. The lowest BCUT2D eigenvalue weighted by molar-refractivity contribution is 1.19. The fourth-order valence-electron chi connectivity index (χ4n) is 5.06. The van der Waals surface area contributed by atoms with Gasteiger partial charge in [-0.3, -0.25) is 0 Å². The summed E-state index contributed by atoms with van der Waals surface area (Å²) in [5.41, 5.74) is 8.54. The first kappa shape index (κ1) is 23.3. The second-order valence-electron chi connectivity index (χ2n) is 9.43. The molecule has 0 saturated heterocycles. The van der Waals surface area contributed by atoms with E-state index in [2.05, 4.69) is 140 Å². The Morgan fingerprint density at radius 2 is 0.923 bits per heavy atom. The highest BCUT2D eigenvalue weighted by atomic mass is 32.1. The molecule has 0 aliphatic rings. The number of thiophene rings is 1. The Bertz CT molecular complexity index is 1770. The van der Waals surface area contributed by atoms with Gasteiger partial charge in [0.25, 0.3) is 0 Å². The molecule has 0 bridgehead atoms. The van der Waals surface area contributed by atoms with Gasteiger partial charge in [-0.1, -0.05) is 127 Å². The molecule has 2 heterocycles. The van der Waals surface area contributed by atoms with E-state index in [0.717, 1.165) is 49.9 Å². The Balaban J connectivity index is 1.48. The first-order valence-electron chi connectivity index (χ1n) is 13.0. The summed E-state index contributed by atoms with van der Waals surface area (Å²) in [6.07, 6.45) is 0. The van der Waals surface area contributed by atoms with E-state index in [9.17, 15) is 0 Å². The van der Waals surface area contributed by atoms with Crippen molar-refractivity contribution in [1.29, 1.82) is 0 Å². The summed E-state index contributed by atoms with van der Waals surface area (Å²) < 4.78 is 1.25. The van der Waals surface area contributed by atoms with Crippen LogP contribution in [0.5, 0.6) is 0 Å². The van der Waals surface area contributed by atoms with Crippen molar-refractivity contribution in [3.8, 4) is 55.5 Å². The Labute approximate surface area is 231 Å². The zero-order valence-electron chi connectivity index (χ0n) is 21.2. The zero-order chi connectivity index (χ0) is 26.0. The molecule has 0 aliphatic heterocycles. The fourth-order valence-corrected chi connectivity index (χ4v) is 6.09. The SMILES string of the molecule is c1ccc(-c2ccccc2-c2cc(-c3cc4ccccc4s3)nc(-c3ccccc3-c3ccccc3)n2)cc1. The van der Waals surface area contributed by atoms with Crippen molar-refractivity contribution in [3.05, 3.63) is 146 Å². The molecule has 39 heavy (non-hydrogen) atoms. The van der Waals surface area contributed by atoms with Gasteiger partial charge in [0.1, 0.15) is 0 Å². The van der Waals surface area contributed by atoms with Gasteiger partial charge in [-0.05, 0) is 45.8 Å². The topological polar surface area (TPSA) is 25.8 Å². The third-order valence-corrected chi connectivity index (χ3v) is 8.08. The van der Waals surface area contributed by atoms with Crippen LogP contribution in [0.1, 0.15) is 0 Å². The molecule has 0 fully saturated rings. The Kier molecular flexibility index (Phi) is 6.04. The maximum atomic E-state index is 5.22. The molecule has 2 aromatic heterocycles. The van der Waals surface area contributed by atoms with Crippen molar-refractivity contribution in [2.75, 3.05) is 0 Å². The van der Waals surface area contributed by atoms with Crippen LogP contribution in [0.4, 0.5) is 0 Å². The number of rotatable bonds is 5. The van der Waals surface area contributed by atoms with Gasteiger partial charge in [-0.2, -0.15) is 0 Å². The van der Waals surface area contributed by atoms with Gasteiger partial charge < -0.3 is 0 Å². The van der Waals surface area contributed by atoms with E-state index < -0.39 is 0 Å². The van der Waals surface area contributed by atoms with E-state index in [1.54, 1.807) is 11.3 Å². The zero-order valence-corrected chi connectivity index (χ0v) is 22.0. The first-order chi connectivity index (χ1) is 19.3. The lowest BCUT2D eigenvalue weighted by atomic mass is 9.96. The molecule has 0 saturated carbocycles. The number of hydrogen-bond donors (Lipinski definition) is 0. The monoisotopic (exact) mass is 516 g/mol. The number of nitrogens with zero attached hydrogens (tertiary/aromatic N) is 2. The second-order valence-corrected chi connectivity index (χ2v) is 10.5. The van der Waals surface area contributed by atoms with Crippen molar-refractivity contribution in [2.24, 2.45) is 0 Å². The molecule has 3 heteroatoms. The average Bonchev–Trinajstić information content (AvgIpc) is 3.46. The Morgan fingerprint density at radius 3 is 1.59 bits per heavy atom. The molecule has 184 valence electrons. The average molecular weight is 517 g/mol. The van der Waals surface area contributed by atoms with Crippen molar-refractivity contribution in [1.82, 2.24) is 9.97 Å². The fraction of sp³-hybridized carbons (Fsp3) is 0. The van der Waals surface area contributed by atoms with Crippen LogP contribution in [0.3, 0.4) is 0 Å². The highest BCUT2D eigenvalue weighted by Crippen LogP contribution is 2.39.